The molecule has 1 N–H and O–H groups in total. The molecule has 0 saturated heterocycles. The normalized spacial score (nSPS) is 14.3. The van der Waals surface area contributed by atoms with Crippen LogP contribution in [0.25, 0.3) is 0 Å². The summed E-state index contributed by atoms with van der Waals surface area (Å²) in [5.41, 5.74) is 1.13. The van der Waals surface area contributed by atoms with Crippen molar-refractivity contribution in [3.63, 3.8) is 0 Å². The molecule has 108 valence electrons. The Balaban J connectivity index is 1.80. The van der Waals surface area contributed by atoms with Gasteiger partial charge in [0.2, 0.25) is 0 Å². The summed E-state index contributed by atoms with van der Waals surface area (Å²) in [4.78, 5) is 2.42. The van der Waals surface area contributed by atoms with E-state index in [1.165, 1.54) is 12.8 Å². The average molecular weight is 337 g/mol. The molecule has 0 radical (unpaired) electrons. The zero-order valence-electron chi connectivity index (χ0n) is 11.9. The van der Waals surface area contributed by atoms with Crippen LogP contribution in [0.1, 0.15) is 18.4 Å². The lowest BCUT2D eigenvalue weighted by molar-refractivity contribution is 0.320. The molecular formula is C16H21BrN2O. The minimum atomic E-state index is 0.305. The summed E-state index contributed by atoms with van der Waals surface area (Å²) in [6.07, 6.45) is 7.95. The molecule has 0 aliphatic heterocycles. The molecule has 0 spiro atoms. The van der Waals surface area contributed by atoms with Crippen LogP contribution in [0.3, 0.4) is 0 Å². The molecule has 20 heavy (non-hydrogen) atoms. The van der Waals surface area contributed by atoms with Gasteiger partial charge in [0, 0.05) is 35.7 Å². The van der Waals surface area contributed by atoms with Gasteiger partial charge in [0.25, 0.3) is 0 Å². The van der Waals surface area contributed by atoms with E-state index >= 15 is 0 Å². The van der Waals surface area contributed by atoms with Crippen molar-refractivity contribution in [1.82, 2.24) is 10.2 Å². The number of terminal acetylenes is 1. The molecule has 0 bridgehead atoms. The fraction of sp³-hybridized carbons (Fsp3) is 0.500. The molecule has 4 heteroatoms. The van der Waals surface area contributed by atoms with Gasteiger partial charge < -0.3 is 15.0 Å². The fourth-order valence-electron chi connectivity index (χ4n) is 2.12. The van der Waals surface area contributed by atoms with Crippen LogP contribution in [0, 0.1) is 12.3 Å². The molecule has 1 aromatic carbocycles. The van der Waals surface area contributed by atoms with E-state index in [0.29, 0.717) is 6.61 Å². The van der Waals surface area contributed by atoms with Gasteiger partial charge in [-0.15, -0.1) is 6.42 Å². The first-order valence-corrected chi connectivity index (χ1v) is 7.75. The van der Waals surface area contributed by atoms with E-state index in [9.17, 15) is 0 Å². The molecule has 1 aromatic rings. The van der Waals surface area contributed by atoms with E-state index in [1.807, 2.05) is 12.1 Å². The van der Waals surface area contributed by atoms with Crippen LogP contribution in [-0.2, 0) is 6.54 Å². The van der Waals surface area contributed by atoms with E-state index in [-0.39, 0.29) is 0 Å². The predicted molar refractivity (Wildman–Crippen MR) is 85.8 cm³/mol. The highest BCUT2D eigenvalue weighted by Gasteiger charge is 2.25. The van der Waals surface area contributed by atoms with Crippen molar-refractivity contribution < 1.29 is 4.74 Å². The van der Waals surface area contributed by atoms with Gasteiger partial charge >= 0.3 is 0 Å². The standard InChI is InChI=1S/C16H21BrN2O/c1-3-10-20-16-7-4-14(17)11-13(16)12-18-8-9-19(2)15-5-6-15/h1,4,7,11,15,18H,5-6,8-10,12H2,2H3. The molecule has 1 saturated carbocycles. The molecule has 3 nitrogen and oxygen atoms in total. The Morgan fingerprint density at radius 1 is 1.50 bits per heavy atom. The Morgan fingerprint density at radius 3 is 3.00 bits per heavy atom. The highest BCUT2D eigenvalue weighted by atomic mass is 79.9. The summed E-state index contributed by atoms with van der Waals surface area (Å²) in [6.45, 7) is 3.16. The Kier molecular flexibility index (Phi) is 5.90. The van der Waals surface area contributed by atoms with Gasteiger partial charge in [0.1, 0.15) is 12.4 Å². The van der Waals surface area contributed by atoms with E-state index in [2.05, 4.69) is 45.2 Å². The minimum absolute atomic E-state index is 0.305. The maximum atomic E-state index is 5.56. The Bertz CT molecular complexity index is 480. The van der Waals surface area contributed by atoms with Crippen LogP contribution in [0.2, 0.25) is 0 Å². The highest BCUT2D eigenvalue weighted by molar-refractivity contribution is 9.10. The molecule has 0 unspecified atom stereocenters. The number of likely N-dealkylation sites (N-methyl/N-ethyl adjacent to an activating group) is 1. The SMILES string of the molecule is C#CCOc1ccc(Br)cc1CNCCN(C)C1CC1. The fourth-order valence-corrected chi connectivity index (χ4v) is 2.53. The topological polar surface area (TPSA) is 24.5 Å². The summed E-state index contributed by atoms with van der Waals surface area (Å²) in [6, 6.07) is 6.81. The number of nitrogens with one attached hydrogen (secondary N) is 1. The first-order valence-electron chi connectivity index (χ1n) is 6.96. The zero-order chi connectivity index (χ0) is 14.4. The molecule has 1 aliphatic carbocycles. The number of benzene rings is 1. The maximum Gasteiger partial charge on any atom is 0.148 e. The van der Waals surface area contributed by atoms with Crippen LogP contribution >= 0.6 is 15.9 Å². The second kappa shape index (κ2) is 7.68. The molecule has 0 amide bonds. The van der Waals surface area contributed by atoms with Crippen molar-refractivity contribution in [3.05, 3.63) is 28.2 Å². The highest BCUT2D eigenvalue weighted by Crippen LogP contribution is 2.25. The van der Waals surface area contributed by atoms with E-state index in [1.54, 1.807) is 0 Å². The van der Waals surface area contributed by atoms with Gasteiger partial charge in [-0.05, 0) is 38.1 Å². The van der Waals surface area contributed by atoms with Crippen LogP contribution in [0.5, 0.6) is 5.75 Å². The molecular weight excluding hydrogens is 316 g/mol. The van der Waals surface area contributed by atoms with Crippen molar-refractivity contribution in [1.29, 1.82) is 0 Å². The van der Waals surface area contributed by atoms with Gasteiger partial charge in [-0.2, -0.15) is 0 Å². The van der Waals surface area contributed by atoms with Gasteiger partial charge in [0.05, 0.1) is 0 Å². The number of ether oxygens (including phenoxy) is 1. The smallest absolute Gasteiger partial charge is 0.148 e. The van der Waals surface area contributed by atoms with E-state index < -0.39 is 0 Å². The number of hydrogen-bond donors (Lipinski definition) is 1. The third-order valence-corrected chi connectivity index (χ3v) is 3.95. The molecule has 1 fully saturated rings. The summed E-state index contributed by atoms with van der Waals surface area (Å²) in [5.74, 6) is 3.35. The molecule has 1 aliphatic rings. The van der Waals surface area contributed by atoms with Crippen molar-refractivity contribution in [3.8, 4) is 18.1 Å². The average Bonchev–Trinajstić information content (AvgIpc) is 3.27. The first kappa shape index (κ1) is 15.4. The van der Waals surface area contributed by atoms with Gasteiger partial charge in [-0.1, -0.05) is 21.9 Å². The predicted octanol–water partition coefficient (Wildman–Crippen LogP) is 2.64. The number of hydrogen-bond acceptors (Lipinski definition) is 3. The molecule has 2 rings (SSSR count). The minimum Gasteiger partial charge on any atom is -0.481 e. The van der Waals surface area contributed by atoms with Crippen LogP contribution < -0.4 is 10.1 Å². The van der Waals surface area contributed by atoms with Crippen molar-refractivity contribution >= 4 is 15.9 Å². The Morgan fingerprint density at radius 2 is 2.30 bits per heavy atom. The lowest BCUT2D eigenvalue weighted by Crippen LogP contribution is -2.30. The maximum absolute atomic E-state index is 5.56. The van der Waals surface area contributed by atoms with Gasteiger partial charge in [-0.3, -0.25) is 0 Å². The van der Waals surface area contributed by atoms with Gasteiger partial charge in [0.15, 0.2) is 0 Å². The molecule has 0 heterocycles. The van der Waals surface area contributed by atoms with Crippen molar-refractivity contribution in [2.24, 2.45) is 0 Å². The second-order valence-electron chi connectivity index (χ2n) is 5.13. The van der Waals surface area contributed by atoms with Crippen LogP contribution in [-0.4, -0.2) is 37.7 Å². The van der Waals surface area contributed by atoms with E-state index in [0.717, 1.165) is 41.5 Å². The quantitative estimate of drug-likeness (QED) is 0.583. The summed E-state index contributed by atoms with van der Waals surface area (Å²) in [5, 5.41) is 3.47. The lowest BCUT2D eigenvalue weighted by atomic mass is 10.2. The van der Waals surface area contributed by atoms with E-state index in [4.69, 9.17) is 11.2 Å². The number of rotatable bonds is 8. The Hall–Kier alpha value is -1.02. The third-order valence-electron chi connectivity index (χ3n) is 3.46. The largest absolute Gasteiger partial charge is 0.481 e. The first-order chi connectivity index (χ1) is 9.70. The van der Waals surface area contributed by atoms with Crippen LogP contribution in [0.15, 0.2) is 22.7 Å². The van der Waals surface area contributed by atoms with Crippen molar-refractivity contribution in [2.75, 3.05) is 26.7 Å². The molecule has 0 aromatic heterocycles. The summed E-state index contributed by atoms with van der Waals surface area (Å²) in [7, 11) is 2.19. The third kappa shape index (κ3) is 4.82. The number of nitrogens with zero attached hydrogens (tertiary/aromatic N) is 1. The summed E-state index contributed by atoms with van der Waals surface area (Å²) < 4.78 is 6.61. The summed E-state index contributed by atoms with van der Waals surface area (Å²) >= 11 is 3.49. The second-order valence-corrected chi connectivity index (χ2v) is 6.05. The number of halogens is 1. The molecule has 0 atom stereocenters. The van der Waals surface area contributed by atoms with Crippen LogP contribution in [0.4, 0.5) is 0 Å². The Labute approximate surface area is 129 Å². The van der Waals surface area contributed by atoms with Gasteiger partial charge in [-0.25, -0.2) is 0 Å². The zero-order valence-corrected chi connectivity index (χ0v) is 13.4. The van der Waals surface area contributed by atoms with Crippen molar-refractivity contribution in [2.45, 2.75) is 25.4 Å². The monoisotopic (exact) mass is 336 g/mol. The lowest BCUT2D eigenvalue weighted by Gasteiger charge is -2.16.